The number of aliphatic hydroxyl groups is 1. The van der Waals surface area contributed by atoms with Crippen molar-refractivity contribution in [2.24, 2.45) is 34.5 Å². The van der Waals surface area contributed by atoms with Crippen LogP contribution in [-0.4, -0.2) is 11.7 Å². The van der Waals surface area contributed by atoms with Crippen molar-refractivity contribution >= 4 is 0 Å². The van der Waals surface area contributed by atoms with Crippen LogP contribution in [0.4, 0.5) is 0 Å². The van der Waals surface area contributed by atoms with E-state index in [4.69, 9.17) is 5.11 Å². The Balaban J connectivity index is 2.08. The van der Waals surface area contributed by atoms with Gasteiger partial charge in [-0.15, -0.1) is 0 Å². The van der Waals surface area contributed by atoms with Crippen molar-refractivity contribution in [1.29, 1.82) is 0 Å². The Kier molecular flexibility index (Phi) is 3.36. The van der Waals surface area contributed by atoms with Gasteiger partial charge in [-0.1, -0.05) is 34.6 Å². The van der Waals surface area contributed by atoms with Gasteiger partial charge in [0.2, 0.25) is 0 Å². The number of aliphatic hydroxyl groups excluding tert-OH is 1. The van der Waals surface area contributed by atoms with Gasteiger partial charge in [0.25, 0.3) is 0 Å². The van der Waals surface area contributed by atoms with Gasteiger partial charge in [-0.3, -0.25) is 0 Å². The van der Waals surface area contributed by atoms with Gasteiger partial charge in [-0.2, -0.15) is 0 Å². The molecule has 0 heterocycles. The molecule has 1 N–H and O–H groups in total. The highest BCUT2D eigenvalue weighted by atomic mass is 16.2. The topological polar surface area (TPSA) is 20.2 Å². The van der Waals surface area contributed by atoms with Crippen molar-refractivity contribution < 1.29 is 5.11 Å². The highest BCUT2D eigenvalue weighted by Gasteiger charge is 2.63. The van der Waals surface area contributed by atoms with Crippen LogP contribution in [-0.2, 0) is 0 Å². The molecule has 0 radical (unpaired) electrons. The molecule has 2 rings (SSSR count). The third-order valence-corrected chi connectivity index (χ3v) is 6.56. The second-order valence-electron chi connectivity index (χ2n) is 7.64. The molecule has 100 valence electrons. The predicted molar refractivity (Wildman–Crippen MR) is 72.7 cm³/mol. The zero-order valence-corrected chi connectivity index (χ0v) is 12.3. The lowest BCUT2D eigenvalue weighted by Crippen LogP contribution is -2.43. The zero-order chi connectivity index (χ0) is 12.8. The van der Waals surface area contributed by atoms with Gasteiger partial charge in [-0.05, 0) is 60.2 Å². The predicted octanol–water partition coefficient (Wildman–Crippen LogP) is 4.10. The first kappa shape index (κ1) is 13.4. The van der Waals surface area contributed by atoms with Crippen molar-refractivity contribution in [3.05, 3.63) is 0 Å². The van der Waals surface area contributed by atoms with Crippen molar-refractivity contribution in [3.8, 4) is 0 Å². The molecule has 1 heteroatoms. The van der Waals surface area contributed by atoms with E-state index in [9.17, 15) is 0 Å². The van der Waals surface area contributed by atoms with E-state index in [1.165, 1.54) is 19.3 Å². The number of rotatable bonds is 4. The second kappa shape index (κ2) is 4.26. The van der Waals surface area contributed by atoms with E-state index < -0.39 is 0 Å². The molecule has 4 unspecified atom stereocenters. The van der Waals surface area contributed by atoms with Gasteiger partial charge in [-0.25, -0.2) is 0 Å². The normalized spacial score (nSPS) is 45.2. The largest absolute Gasteiger partial charge is 0.396 e. The van der Waals surface area contributed by atoms with Gasteiger partial charge >= 0.3 is 0 Å². The molecule has 2 saturated carbocycles. The van der Waals surface area contributed by atoms with Crippen molar-refractivity contribution in [1.82, 2.24) is 0 Å². The smallest absolute Gasteiger partial charge is 0.0431 e. The first-order chi connectivity index (χ1) is 7.84. The van der Waals surface area contributed by atoms with E-state index >= 15 is 0 Å². The van der Waals surface area contributed by atoms with Crippen LogP contribution in [0.25, 0.3) is 0 Å². The fourth-order valence-corrected chi connectivity index (χ4v) is 4.72. The Morgan fingerprint density at radius 1 is 1.29 bits per heavy atom. The summed E-state index contributed by atoms with van der Waals surface area (Å²) in [6.45, 7) is 12.7. The molecular formula is C16H30O. The minimum absolute atomic E-state index is 0.355. The van der Waals surface area contributed by atoms with Gasteiger partial charge in [0.15, 0.2) is 0 Å². The number of hydrogen-bond acceptors (Lipinski definition) is 1. The fraction of sp³-hybridized carbons (Fsp3) is 1.00. The molecule has 5 atom stereocenters. The number of fused-ring (bicyclic) bond motifs is 1. The second-order valence-corrected chi connectivity index (χ2v) is 7.64. The third-order valence-electron chi connectivity index (χ3n) is 6.56. The summed E-state index contributed by atoms with van der Waals surface area (Å²) in [6, 6.07) is 0. The highest BCUT2D eigenvalue weighted by Crippen LogP contribution is 2.70. The Morgan fingerprint density at radius 2 is 1.94 bits per heavy atom. The maximum Gasteiger partial charge on any atom is 0.0431 e. The minimum Gasteiger partial charge on any atom is -0.396 e. The van der Waals surface area contributed by atoms with Crippen LogP contribution in [0.3, 0.4) is 0 Å². The highest BCUT2D eigenvalue weighted by molar-refractivity contribution is 5.12. The minimum atomic E-state index is 0.355. The van der Waals surface area contributed by atoms with Gasteiger partial charge in [0, 0.05) is 6.61 Å². The van der Waals surface area contributed by atoms with Crippen molar-refractivity contribution in [2.75, 3.05) is 6.61 Å². The summed E-state index contributed by atoms with van der Waals surface area (Å²) < 4.78 is 0. The average molecular weight is 238 g/mol. The molecule has 0 aromatic carbocycles. The molecule has 0 bridgehead atoms. The van der Waals surface area contributed by atoms with Gasteiger partial charge in [0.1, 0.15) is 0 Å². The summed E-state index contributed by atoms with van der Waals surface area (Å²) in [5.74, 6) is 3.46. The van der Waals surface area contributed by atoms with E-state index in [2.05, 4.69) is 34.6 Å². The standard InChI is InChI=1S/C16H30O/c1-11(7-6-8-17)14-9-13-10-16(13,5)12(2)15(14,3)4/h11-14,17H,6-10H2,1-5H3/t11?,12-,13?,14?,16?/m0/s1. The van der Waals surface area contributed by atoms with Gasteiger partial charge < -0.3 is 5.11 Å². The lowest BCUT2D eigenvalue weighted by atomic mass is 9.55. The van der Waals surface area contributed by atoms with E-state index in [1.807, 2.05) is 0 Å². The summed E-state index contributed by atoms with van der Waals surface area (Å²) in [6.07, 6.45) is 5.06. The maximum atomic E-state index is 9.00. The van der Waals surface area contributed by atoms with Crippen LogP contribution in [0, 0.1) is 34.5 Å². The van der Waals surface area contributed by atoms with Crippen LogP contribution in [0.5, 0.6) is 0 Å². The van der Waals surface area contributed by atoms with Gasteiger partial charge in [0.05, 0.1) is 0 Å². The molecule has 17 heavy (non-hydrogen) atoms. The van der Waals surface area contributed by atoms with E-state index in [0.29, 0.717) is 17.4 Å². The average Bonchev–Trinajstić information content (AvgIpc) is 2.93. The fourth-order valence-electron chi connectivity index (χ4n) is 4.72. The maximum absolute atomic E-state index is 9.00. The molecule has 0 spiro atoms. The van der Waals surface area contributed by atoms with Crippen LogP contribution >= 0.6 is 0 Å². The molecule has 0 saturated heterocycles. The summed E-state index contributed by atoms with van der Waals surface area (Å²) >= 11 is 0. The molecule has 0 aromatic rings. The zero-order valence-electron chi connectivity index (χ0n) is 12.3. The first-order valence-electron chi connectivity index (χ1n) is 7.45. The first-order valence-corrected chi connectivity index (χ1v) is 7.45. The molecular weight excluding hydrogens is 208 g/mol. The van der Waals surface area contributed by atoms with E-state index in [0.717, 1.165) is 30.1 Å². The number of hydrogen-bond donors (Lipinski definition) is 1. The SMILES string of the molecule is CC(CCCO)C1CC2CC2(C)[C@@H](C)C1(C)C. The van der Waals surface area contributed by atoms with Crippen LogP contribution < -0.4 is 0 Å². The molecule has 0 aliphatic heterocycles. The summed E-state index contributed by atoms with van der Waals surface area (Å²) in [5.41, 5.74) is 1.12. The molecule has 1 nitrogen and oxygen atoms in total. The van der Waals surface area contributed by atoms with Crippen LogP contribution in [0.15, 0.2) is 0 Å². The quantitative estimate of drug-likeness (QED) is 0.781. The summed E-state index contributed by atoms with van der Waals surface area (Å²) in [5, 5.41) is 9.00. The Bertz CT molecular complexity index is 283. The lowest BCUT2D eigenvalue weighted by Gasteiger charge is -2.49. The van der Waals surface area contributed by atoms with Crippen molar-refractivity contribution in [3.63, 3.8) is 0 Å². The Morgan fingerprint density at radius 3 is 2.53 bits per heavy atom. The Hall–Kier alpha value is -0.0400. The summed E-state index contributed by atoms with van der Waals surface area (Å²) in [4.78, 5) is 0. The molecule has 2 aliphatic carbocycles. The molecule has 0 aromatic heterocycles. The lowest BCUT2D eigenvalue weighted by molar-refractivity contribution is -0.00922. The molecule has 2 fully saturated rings. The molecule has 0 amide bonds. The van der Waals surface area contributed by atoms with Crippen molar-refractivity contribution in [2.45, 2.75) is 60.3 Å². The Labute approximate surface area is 107 Å². The van der Waals surface area contributed by atoms with Crippen LogP contribution in [0.1, 0.15) is 60.3 Å². The third kappa shape index (κ3) is 2.05. The monoisotopic (exact) mass is 238 g/mol. The molecule has 2 aliphatic rings. The summed E-state index contributed by atoms with van der Waals surface area (Å²) in [7, 11) is 0. The van der Waals surface area contributed by atoms with E-state index in [1.54, 1.807) is 0 Å². The van der Waals surface area contributed by atoms with Crippen LogP contribution in [0.2, 0.25) is 0 Å². The van der Waals surface area contributed by atoms with E-state index in [-0.39, 0.29) is 0 Å².